The highest BCUT2D eigenvalue weighted by atomic mass is 127. The van der Waals surface area contributed by atoms with Crippen LogP contribution in [0.5, 0.6) is 0 Å². The minimum absolute atomic E-state index is 0.225. The second-order valence-electron chi connectivity index (χ2n) is 4.99. The summed E-state index contributed by atoms with van der Waals surface area (Å²) in [7, 11) is 0. The van der Waals surface area contributed by atoms with Gasteiger partial charge in [-0.1, -0.05) is 12.1 Å². The van der Waals surface area contributed by atoms with E-state index in [2.05, 4.69) is 27.9 Å². The summed E-state index contributed by atoms with van der Waals surface area (Å²) in [6.45, 7) is 5.82. The topological polar surface area (TPSA) is 64.3 Å². The molecule has 0 saturated heterocycles. The Hall–Kier alpha value is -0.820. The summed E-state index contributed by atoms with van der Waals surface area (Å²) in [6, 6.07) is 7.65. The van der Waals surface area contributed by atoms with E-state index in [0.717, 1.165) is 9.13 Å². The van der Waals surface area contributed by atoms with Gasteiger partial charge in [0.15, 0.2) is 0 Å². The van der Waals surface area contributed by atoms with Crippen LogP contribution in [0.25, 0.3) is 0 Å². The summed E-state index contributed by atoms with van der Waals surface area (Å²) in [6.07, 6.45) is -0.448. The van der Waals surface area contributed by atoms with Crippen molar-refractivity contribution in [3.63, 3.8) is 0 Å². The number of benzene rings is 1. The van der Waals surface area contributed by atoms with Crippen molar-refractivity contribution in [3.8, 4) is 0 Å². The van der Waals surface area contributed by atoms with Crippen molar-refractivity contribution in [1.29, 1.82) is 0 Å². The van der Waals surface area contributed by atoms with Gasteiger partial charge in [0, 0.05) is 10.1 Å². The molecular weight excluding hydrogens is 343 g/mol. The lowest BCUT2D eigenvalue weighted by Crippen LogP contribution is -2.37. The Morgan fingerprint density at radius 1 is 1.39 bits per heavy atom. The van der Waals surface area contributed by atoms with Crippen LogP contribution in [0, 0.1) is 3.57 Å². The number of alkyl carbamates (subject to hydrolysis) is 1. The van der Waals surface area contributed by atoms with Crippen molar-refractivity contribution in [3.05, 3.63) is 33.4 Å². The summed E-state index contributed by atoms with van der Waals surface area (Å²) in [5, 5.41) is 2.77. The van der Waals surface area contributed by atoms with E-state index in [1.165, 1.54) is 0 Å². The van der Waals surface area contributed by atoms with Crippen molar-refractivity contribution in [2.75, 3.05) is 6.54 Å². The second-order valence-corrected chi connectivity index (χ2v) is 6.23. The fourth-order valence-electron chi connectivity index (χ4n) is 1.42. The van der Waals surface area contributed by atoms with E-state index >= 15 is 0 Å². The maximum absolute atomic E-state index is 11.7. The molecule has 0 aliphatic rings. The van der Waals surface area contributed by atoms with Gasteiger partial charge in [0.05, 0.1) is 6.04 Å². The number of halogens is 1. The monoisotopic (exact) mass is 362 g/mol. The number of hydrogen-bond donors (Lipinski definition) is 2. The van der Waals surface area contributed by atoms with Gasteiger partial charge in [-0.15, -0.1) is 0 Å². The van der Waals surface area contributed by atoms with Crippen LogP contribution in [-0.2, 0) is 4.74 Å². The van der Waals surface area contributed by atoms with Crippen molar-refractivity contribution in [1.82, 2.24) is 5.32 Å². The van der Waals surface area contributed by atoms with Crippen molar-refractivity contribution >= 4 is 28.7 Å². The van der Waals surface area contributed by atoms with Crippen LogP contribution in [0.1, 0.15) is 32.4 Å². The molecule has 1 atom stereocenters. The molecule has 5 heteroatoms. The smallest absolute Gasteiger partial charge is 0.408 e. The number of rotatable bonds is 3. The highest BCUT2D eigenvalue weighted by molar-refractivity contribution is 14.1. The molecule has 3 N–H and O–H groups in total. The van der Waals surface area contributed by atoms with Crippen LogP contribution in [0.15, 0.2) is 24.3 Å². The molecule has 100 valence electrons. The number of ether oxygens (including phenoxy) is 1. The fourth-order valence-corrected chi connectivity index (χ4v) is 1.78. The zero-order chi connectivity index (χ0) is 13.8. The van der Waals surface area contributed by atoms with Gasteiger partial charge in [0.1, 0.15) is 5.60 Å². The molecule has 1 rings (SSSR count). The largest absolute Gasteiger partial charge is 0.444 e. The number of nitrogens with two attached hydrogens (primary N) is 1. The van der Waals surface area contributed by atoms with Gasteiger partial charge in [0.2, 0.25) is 0 Å². The molecule has 1 amide bonds. The Morgan fingerprint density at radius 3 is 2.39 bits per heavy atom. The van der Waals surface area contributed by atoms with E-state index in [0.29, 0.717) is 6.54 Å². The van der Waals surface area contributed by atoms with Crippen LogP contribution in [0.2, 0.25) is 0 Å². The third kappa shape index (κ3) is 5.22. The number of amides is 1. The van der Waals surface area contributed by atoms with E-state index in [1.807, 2.05) is 45.0 Å². The lowest BCUT2D eigenvalue weighted by Gasteiger charge is -2.23. The minimum atomic E-state index is -0.505. The zero-order valence-corrected chi connectivity index (χ0v) is 13.0. The molecule has 0 radical (unpaired) electrons. The van der Waals surface area contributed by atoms with Crippen molar-refractivity contribution in [2.24, 2.45) is 5.73 Å². The zero-order valence-electron chi connectivity index (χ0n) is 10.9. The van der Waals surface area contributed by atoms with E-state index in [-0.39, 0.29) is 6.04 Å². The van der Waals surface area contributed by atoms with Crippen molar-refractivity contribution < 1.29 is 9.53 Å². The second kappa shape index (κ2) is 6.38. The van der Waals surface area contributed by atoms with Gasteiger partial charge in [-0.3, -0.25) is 0 Å². The quantitative estimate of drug-likeness (QED) is 0.813. The van der Waals surface area contributed by atoms with E-state index in [9.17, 15) is 4.79 Å². The summed E-state index contributed by atoms with van der Waals surface area (Å²) in [4.78, 5) is 11.7. The third-order valence-electron chi connectivity index (χ3n) is 2.20. The first-order chi connectivity index (χ1) is 8.31. The molecule has 0 fully saturated rings. The summed E-state index contributed by atoms with van der Waals surface area (Å²) >= 11 is 2.23. The summed E-state index contributed by atoms with van der Waals surface area (Å²) in [5.74, 6) is 0. The summed E-state index contributed by atoms with van der Waals surface area (Å²) in [5.41, 5.74) is 6.15. The highest BCUT2D eigenvalue weighted by Crippen LogP contribution is 2.15. The molecule has 1 aromatic rings. The van der Waals surface area contributed by atoms with Gasteiger partial charge in [-0.05, 0) is 61.1 Å². The number of nitrogens with one attached hydrogen (secondary N) is 1. The molecule has 0 bridgehead atoms. The minimum Gasteiger partial charge on any atom is -0.444 e. The molecule has 0 spiro atoms. The predicted molar refractivity (Wildman–Crippen MR) is 80.3 cm³/mol. The van der Waals surface area contributed by atoms with E-state index in [4.69, 9.17) is 10.5 Å². The molecular formula is C13H19IN2O2. The number of carbonyl (C=O) groups is 1. The molecule has 1 aromatic carbocycles. The highest BCUT2D eigenvalue weighted by Gasteiger charge is 2.19. The molecule has 0 heterocycles. The Labute approximate surface area is 121 Å². The number of carbonyl (C=O) groups excluding carboxylic acids is 1. The normalized spacial score (nSPS) is 12.9. The molecule has 0 aliphatic carbocycles. The van der Waals surface area contributed by atoms with Gasteiger partial charge >= 0.3 is 6.09 Å². The Kier molecular flexibility index (Phi) is 5.40. The van der Waals surface area contributed by atoms with Gasteiger partial charge in [-0.2, -0.15) is 0 Å². The Bertz CT molecular complexity index is 398. The first kappa shape index (κ1) is 15.2. The molecule has 18 heavy (non-hydrogen) atoms. The molecule has 0 aliphatic heterocycles. The third-order valence-corrected chi connectivity index (χ3v) is 2.92. The van der Waals surface area contributed by atoms with Crippen LogP contribution in [0.4, 0.5) is 4.79 Å². The Balaban J connectivity index is 2.68. The molecule has 0 saturated carbocycles. The number of hydrogen-bond acceptors (Lipinski definition) is 3. The van der Waals surface area contributed by atoms with Crippen LogP contribution in [-0.4, -0.2) is 18.2 Å². The molecule has 0 aromatic heterocycles. The lowest BCUT2D eigenvalue weighted by molar-refractivity contribution is 0.0505. The van der Waals surface area contributed by atoms with Crippen molar-refractivity contribution in [2.45, 2.75) is 32.4 Å². The average molecular weight is 362 g/mol. The van der Waals surface area contributed by atoms with E-state index in [1.54, 1.807) is 0 Å². The summed E-state index contributed by atoms with van der Waals surface area (Å²) < 4.78 is 6.35. The first-order valence-corrected chi connectivity index (χ1v) is 6.85. The lowest BCUT2D eigenvalue weighted by atomic mass is 10.1. The SMILES string of the molecule is CC(C)(C)OC(=O)NC(CN)c1ccc(I)cc1. The van der Waals surface area contributed by atoms with Gasteiger partial charge in [-0.25, -0.2) is 4.79 Å². The first-order valence-electron chi connectivity index (χ1n) is 5.77. The molecule has 4 nitrogen and oxygen atoms in total. The van der Waals surface area contributed by atoms with Crippen LogP contribution >= 0.6 is 22.6 Å². The maximum Gasteiger partial charge on any atom is 0.408 e. The van der Waals surface area contributed by atoms with Crippen LogP contribution < -0.4 is 11.1 Å². The average Bonchev–Trinajstić information content (AvgIpc) is 2.25. The molecule has 1 unspecified atom stereocenters. The van der Waals surface area contributed by atoms with E-state index < -0.39 is 11.7 Å². The van der Waals surface area contributed by atoms with Gasteiger partial charge < -0.3 is 15.8 Å². The standard InChI is InChI=1S/C13H19IN2O2/c1-13(2,3)18-12(17)16-11(8-15)9-4-6-10(14)7-5-9/h4-7,11H,8,15H2,1-3H3,(H,16,17). The predicted octanol–water partition coefficient (Wildman–Crippen LogP) is 2.82. The van der Waals surface area contributed by atoms with Gasteiger partial charge in [0.25, 0.3) is 0 Å². The maximum atomic E-state index is 11.7. The fraction of sp³-hybridized carbons (Fsp3) is 0.462. The van der Waals surface area contributed by atoms with Crippen LogP contribution in [0.3, 0.4) is 0 Å². The Morgan fingerprint density at radius 2 is 1.94 bits per heavy atom.